The molecule has 2 saturated carbocycles. The number of nitrogens with one attached hydrogen (secondary N) is 1. The predicted molar refractivity (Wildman–Crippen MR) is 110 cm³/mol. The topological polar surface area (TPSA) is 59.6 Å². The third-order valence-corrected chi connectivity index (χ3v) is 5.03. The van der Waals surface area contributed by atoms with Crippen LogP contribution in [0.1, 0.15) is 56.1 Å². The summed E-state index contributed by atoms with van der Waals surface area (Å²) in [5.41, 5.74) is 8.34. The summed E-state index contributed by atoms with van der Waals surface area (Å²) < 4.78 is 6.21. The van der Waals surface area contributed by atoms with Crippen LogP contribution in [-0.2, 0) is 6.54 Å². The quantitative estimate of drug-likeness (QED) is 0.395. The van der Waals surface area contributed by atoms with E-state index in [9.17, 15) is 0 Å². The van der Waals surface area contributed by atoms with Gasteiger partial charge in [0.25, 0.3) is 0 Å². The highest BCUT2D eigenvalue weighted by Gasteiger charge is 2.18. The Kier molecular flexibility index (Phi) is 7.65. The van der Waals surface area contributed by atoms with Crippen LogP contribution in [0.3, 0.4) is 0 Å². The molecule has 134 valence electrons. The number of ether oxygens (including phenoxy) is 1. The van der Waals surface area contributed by atoms with Crippen LogP contribution in [0, 0.1) is 12.8 Å². The van der Waals surface area contributed by atoms with Crippen molar-refractivity contribution in [3.63, 3.8) is 0 Å². The van der Waals surface area contributed by atoms with E-state index in [4.69, 9.17) is 10.5 Å². The molecule has 2 fully saturated rings. The first-order valence-corrected chi connectivity index (χ1v) is 9.00. The third-order valence-electron chi connectivity index (χ3n) is 5.03. The summed E-state index contributed by atoms with van der Waals surface area (Å²) in [5, 5.41) is 3.25. The Hall–Kier alpha value is -0.980. The summed E-state index contributed by atoms with van der Waals surface area (Å²) in [5.74, 6) is 2.31. The molecule has 5 heteroatoms. The number of rotatable bonds is 6. The Labute approximate surface area is 162 Å². The minimum Gasteiger partial charge on any atom is -0.490 e. The molecule has 0 bridgehead atoms. The minimum absolute atomic E-state index is 0. The number of halogens is 1. The van der Waals surface area contributed by atoms with Crippen LogP contribution >= 0.6 is 24.0 Å². The molecule has 3 N–H and O–H groups in total. The van der Waals surface area contributed by atoms with Crippen molar-refractivity contribution >= 4 is 29.9 Å². The van der Waals surface area contributed by atoms with Gasteiger partial charge in [-0.2, -0.15) is 0 Å². The summed E-state index contributed by atoms with van der Waals surface area (Å²) in [6, 6.07) is 6.35. The molecule has 0 atom stereocenters. The highest BCUT2D eigenvalue weighted by molar-refractivity contribution is 14.0. The van der Waals surface area contributed by atoms with Crippen LogP contribution in [-0.4, -0.2) is 18.6 Å². The fraction of sp³-hybridized carbons (Fsp3) is 0.632. The van der Waals surface area contributed by atoms with Crippen LogP contribution in [0.25, 0.3) is 0 Å². The number of guanidine groups is 1. The van der Waals surface area contributed by atoms with Gasteiger partial charge in [-0.15, -0.1) is 24.0 Å². The molecule has 2 aliphatic rings. The average molecular weight is 443 g/mol. The summed E-state index contributed by atoms with van der Waals surface area (Å²) in [6.07, 6.45) is 9.26. The van der Waals surface area contributed by atoms with E-state index >= 15 is 0 Å². The molecule has 0 amide bonds. The fourth-order valence-corrected chi connectivity index (χ4v) is 3.26. The summed E-state index contributed by atoms with van der Waals surface area (Å²) >= 11 is 0. The van der Waals surface area contributed by atoms with Crippen LogP contribution in [0.5, 0.6) is 5.75 Å². The molecule has 0 aliphatic heterocycles. The Morgan fingerprint density at radius 2 is 1.96 bits per heavy atom. The lowest BCUT2D eigenvalue weighted by molar-refractivity contribution is 0.208. The van der Waals surface area contributed by atoms with Gasteiger partial charge < -0.3 is 15.8 Å². The zero-order valence-electron chi connectivity index (χ0n) is 14.6. The monoisotopic (exact) mass is 443 g/mol. The second kappa shape index (κ2) is 9.49. The smallest absolute Gasteiger partial charge is 0.188 e. The van der Waals surface area contributed by atoms with Crippen LogP contribution in [0.2, 0.25) is 0 Å². The molecular formula is C19H30IN3O. The minimum atomic E-state index is 0. The van der Waals surface area contributed by atoms with Gasteiger partial charge in [0.1, 0.15) is 5.75 Å². The summed E-state index contributed by atoms with van der Waals surface area (Å²) in [4.78, 5) is 4.49. The molecule has 3 rings (SSSR count). The Balaban J connectivity index is 0.00000208. The van der Waals surface area contributed by atoms with Gasteiger partial charge in [0.15, 0.2) is 5.96 Å². The van der Waals surface area contributed by atoms with Gasteiger partial charge in [-0.05, 0) is 63.0 Å². The molecule has 24 heavy (non-hydrogen) atoms. The first-order chi connectivity index (χ1) is 11.2. The second-order valence-electron chi connectivity index (χ2n) is 7.01. The Bertz CT molecular complexity index is 552. The van der Waals surface area contributed by atoms with E-state index in [1.165, 1.54) is 50.5 Å². The first-order valence-electron chi connectivity index (χ1n) is 9.00. The number of aryl methyl sites for hydroxylation is 1. The van der Waals surface area contributed by atoms with Gasteiger partial charge in [0.05, 0.1) is 12.6 Å². The molecule has 4 nitrogen and oxygen atoms in total. The highest BCUT2D eigenvalue weighted by atomic mass is 127. The van der Waals surface area contributed by atoms with Crippen molar-refractivity contribution in [1.82, 2.24) is 5.32 Å². The lowest BCUT2D eigenvalue weighted by Crippen LogP contribution is -2.37. The summed E-state index contributed by atoms with van der Waals surface area (Å²) in [6.45, 7) is 3.63. The van der Waals surface area contributed by atoms with E-state index < -0.39 is 0 Å². The first kappa shape index (κ1) is 19.3. The van der Waals surface area contributed by atoms with Gasteiger partial charge >= 0.3 is 0 Å². The van der Waals surface area contributed by atoms with Crippen molar-refractivity contribution in [1.29, 1.82) is 0 Å². The van der Waals surface area contributed by atoms with Gasteiger partial charge in [0, 0.05) is 12.1 Å². The number of nitrogens with two attached hydrogens (primary N) is 1. The van der Waals surface area contributed by atoms with E-state index in [0.29, 0.717) is 18.6 Å². The predicted octanol–water partition coefficient (Wildman–Crippen LogP) is 4.14. The molecule has 2 aliphatic carbocycles. The zero-order valence-corrected chi connectivity index (χ0v) is 16.9. The van der Waals surface area contributed by atoms with Crippen molar-refractivity contribution in [3.05, 3.63) is 29.3 Å². The maximum Gasteiger partial charge on any atom is 0.188 e. The standard InChI is InChI=1S/C19H29N3O.HI/c1-14-9-10-16(18(11-14)23-17-7-2-3-8-17)13-22-19(20)21-12-15-5-4-6-15;/h9-11,15,17H,2-8,12-13H2,1H3,(H3,20,21,22);1H. The normalized spacial score (nSPS) is 18.8. The molecule has 0 unspecified atom stereocenters. The van der Waals surface area contributed by atoms with E-state index in [0.717, 1.165) is 23.8 Å². The van der Waals surface area contributed by atoms with Gasteiger partial charge in [-0.3, -0.25) is 0 Å². The molecule has 0 aromatic heterocycles. The Morgan fingerprint density at radius 3 is 2.62 bits per heavy atom. The highest BCUT2D eigenvalue weighted by Crippen LogP contribution is 2.28. The van der Waals surface area contributed by atoms with Crippen molar-refractivity contribution < 1.29 is 4.74 Å². The van der Waals surface area contributed by atoms with Crippen molar-refractivity contribution in [2.45, 2.75) is 64.5 Å². The molecule has 0 saturated heterocycles. The van der Waals surface area contributed by atoms with Gasteiger partial charge in [-0.1, -0.05) is 18.6 Å². The van der Waals surface area contributed by atoms with Crippen LogP contribution in [0.4, 0.5) is 0 Å². The number of hydrogen-bond donors (Lipinski definition) is 2. The largest absolute Gasteiger partial charge is 0.490 e. The van der Waals surface area contributed by atoms with E-state index in [-0.39, 0.29) is 24.0 Å². The third kappa shape index (κ3) is 5.53. The van der Waals surface area contributed by atoms with Crippen LogP contribution in [0.15, 0.2) is 23.2 Å². The molecule has 1 aromatic rings. The van der Waals surface area contributed by atoms with Gasteiger partial charge in [0.2, 0.25) is 0 Å². The lowest BCUT2D eigenvalue weighted by Gasteiger charge is -2.25. The molecular weight excluding hydrogens is 413 g/mol. The maximum absolute atomic E-state index is 6.21. The molecule has 0 radical (unpaired) electrons. The van der Waals surface area contributed by atoms with Crippen molar-refractivity contribution in [3.8, 4) is 5.75 Å². The lowest BCUT2D eigenvalue weighted by atomic mass is 9.85. The molecule has 0 heterocycles. The van der Waals surface area contributed by atoms with Crippen molar-refractivity contribution in [2.24, 2.45) is 16.6 Å². The average Bonchev–Trinajstić information content (AvgIpc) is 2.98. The maximum atomic E-state index is 6.21. The summed E-state index contributed by atoms with van der Waals surface area (Å²) in [7, 11) is 0. The van der Waals surface area contributed by atoms with E-state index in [1.807, 2.05) is 0 Å². The van der Waals surface area contributed by atoms with E-state index in [2.05, 4.69) is 35.4 Å². The van der Waals surface area contributed by atoms with Gasteiger partial charge in [-0.25, -0.2) is 4.99 Å². The second-order valence-corrected chi connectivity index (χ2v) is 7.01. The number of benzene rings is 1. The Morgan fingerprint density at radius 1 is 1.21 bits per heavy atom. The number of nitrogens with zero attached hydrogens (tertiary/aromatic N) is 1. The molecule has 1 aromatic carbocycles. The van der Waals surface area contributed by atoms with Crippen LogP contribution < -0.4 is 15.8 Å². The van der Waals surface area contributed by atoms with Crippen molar-refractivity contribution in [2.75, 3.05) is 6.54 Å². The fourth-order valence-electron chi connectivity index (χ4n) is 3.26. The SMILES string of the molecule is Cc1ccc(CN=C(N)NCC2CCC2)c(OC2CCCC2)c1.I. The molecule has 0 spiro atoms. The van der Waals surface area contributed by atoms with E-state index in [1.54, 1.807) is 0 Å². The zero-order chi connectivity index (χ0) is 16.1. The number of hydrogen-bond acceptors (Lipinski definition) is 2. The number of aliphatic imine (C=N–C) groups is 1.